The van der Waals surface area contributed by atoms with E-state index in [4.69, 9.17) is 5.21 Å². The van der Waals surface area contributed by atoms with Crippen LogP contribution in [-0.2, 0) is 21.2 Å². The Bertz CT molecular complexity index is 1290. The van der Waals surface area contributed by atoms with Crippen molar-refractivity contribution in [2.75, 3.05) is 6.26 Å². The predicted octanol–water partition coefficient (Wildman–Crippen LogP) is 1.41. The summed E-state index contributed by atoms with van der Waals surface area (Å²) < 4.78 is 23.6. The highest BCUT2D eigenvalue weighted by molar-refractivity contribution is 7.92. The van der Waals surface area contributed by atoms with Gasteiger partial charge < -0.3 is 4.57 Å². The number of sulfone groups is 1. The zero-order chi connectivity index (χ0) is 23.7. The van der Waals surface area contributed by atoms with Crippen molar-refractivity contribution in [3.63, 3.8) is 0 Å². The molecule has 32 heavy (non-hydrogen) atoms. The smallest absolute Gasteiger partial charge is 0.264 e. The van der Waals surface area contributed by atoms with E-state index in [0.29, 0.717) is 5.56 Å². The minimum absolute atomic E-state index is 0.0152. The van der Waals surface area contributed by atoms with Crippen LogP contribution in [0.5, 0.6) is 0 Å². The van der Waals surface area contributed by atoms with E-state index in [1.165, 1.54) is 23.0 Å². The summed E-state index contributed by atoms with van der Waals surface area (Å²) in [4.78, 5) is 26.1. The van der Waals surface area contributed by atoms with Crippen LogP contribution in [0.4, 0.5) is 0 Å². The van der Waals surface area contributed by atoms with Gasteiger partial charge in [-0.25, -0.2) is 13.9 Å². The molecule has 2 N–H and O–H groups in total. The highest BCUT2D eigenvalue weighted by Gasteiger charge is 2.43. The Morgan fingerprint density at radius 2 is 1.69 bits per heavy atom. The quantitative estimate of drug-likeness (QED) is 0.403. The maximum Gasteiger partial charge on any atom is 0.264 e. The van der Waals surface area contributed by atoms with Crippen LogP contribution in [0.1, 0.15) is 24.7 Å². The topological polar surface area (TPSA) is 136 Å². The molecule has 2 heterocycles. The Morgan fingerprint density at radius 1 is 1.09 bits per heavy atom. The van der Waals surface area contributed by atoms with Crippen LogP contribution in [-0.4, -0.2) is 50.1 Å². The SMILES string of the molecule is Cc1nn(-c2ccc(-c3ccn(CC[C@](C)(C(=O)NO)S(C)(=O)=O)c(=O)c3)cc2)nc1C. The molecule has 11 heteroatoms. The second-order valence-electron chi connectivity index (χ2n) is 7.85. The predicted molar refractivity (Wildman–Crippen MR) is 118 cm³/mol. The molecular formula is C21H25N5O5S. The number of carbonyl (C=O) groups is 1. The molecule has 0 aliphatic carbocycles. The number of amides is 1. The number of aromatic nitrogens is 4. The first-order valence-corrected chi connectivity index (χ1v) is 11.7. The number of pyridine rings is 1. The third kappa shape index (κ3) is 4.48. The van der Waals surface area contributed by atoms with Crippen LogP contribution in [0.3, 0.4) is 0 Å². The van der Waals surface area contributed by atoms with Gasteiger partial charge >= 0.3 is 0 Å². The van der Waals surface area contributed by atoms with Gasteiger partial charge in [0.1, 0.15) is 0 Å². The molecule has 3 rings (SSSR count). The fourth-order valence-corrected chi connectivity index (χ4v) is 3.99. The van der Waals surface area contributed by atoms with E-state index in [1.54, 1.807) is 17.1 Å². The second kappa shape index (κ2) is 8.67. The summed E-state index contributed by atoms with van der Waals surface area (Å²) in [6.45, 7) is 4.97. The summed E-state index contributed by atoms with van der Waals surface area (Å²) in [7, 11) is -3.84. The van der Waals surface area contributed by atoms with Crippen molar-refractivity contribution >= 4 is 15.7 Å². The van der Waals surface area contributed by atoms with Crippen LogP contribution in [0.25, 0.3) is 16.8 Å². The number of aryl methyl sites for hydroxylation is 3. The van der Waals surface area contributed by atoms with Crippen molar-refractivity contribution < 1.29 is 18.4 Å². The van der Waals surface area contributed by atoms with Gasteiger partial charge in [-0.2, -0.15) is 15.0 Å². The van der Waals surface area contributed by atoms with Crippen molar-refractivity contribution in [2.24, 2.45) is 0 Å². The first-order chi connectivity index (χ1) is 15.0. The Kier molecular flexibility index (Phi) is 6.33. The lowest BCUT2D eigenvalue weighted by molar-refractivity contribution is -0.131. The molecule has 1 aromatic carbocycles. The highest BCUT2D eigenvalue weighted by Crippen LogP contribution is 2.23. The average Bonchev–Trinajstić information content (AvgIpc) is 3.09. The summed E-state index contributed by atoms with van der Waals surface area (Å²) in [6, 6.07) is 10.6. The van der Waals surface area contributed by atoms with Crippen molar-refractivity contribution in [1.82, 2.24) is 25.0 Å². The molecule has 0 spiro atoms. The average molecular weight is 460 g/mol. The summed E-state index contributed by atoms with van der Waals surface area (Å²) >= 11 is 0. The lowest BCUT2D eigenvalue weighted by atomic mass is 10.1. The number of nitrogens with one attached hydrogen (secondary N) is 1. The van der Waals surface area contributed by atoms with Gasteiger partial charge in [-0.15, -0.1) is 0 Å². The monoisotopic (exact) mass is 459 g/mol. The third-order valence-electron chi connectivity index (χ3n) is 5.67. The molecule has 0 fully saturated rings. The van der Waals surface area contributed by atoms with Gasteiger partial charge in [0.15, 0.2) is 14.6 Å². The van der Waals surface area contributed by atoms with Gasteiger partial charge in [0.2, 0.25) is 0 Å². The Hall–Kier alpha value is -3.31. The third-order valence-corrected chi connectivity index (χ3v) is 7.70. The molecule has 0 unspecified atom stereocenters. The Balaban J connectivity index is 1.81. The van der Waals surface area contributed by atoms with Gasteiger partial charge in [0.25, 0.3) is 11.5 Å². The van der Waals surface area contributed by atoms with Crippen LogP contribution < -0.4 is 11.0 Å². The van der Waals surface area contributed by atoms with Gasteiger partial charge in [-0.3, -0.25) is 14.8 Å². The normalized spacial score (nSPS) is 13.5. The number of hydrogen-bond acceptors (Lipinski definition) is 7. The molecule has 3 aromatic rings. The van der Waals surface area contributed by atoms with Gasteiger partial charge in [0, 0.05) is 25.1 Å². The fraction of sp³-hybridized carbons (Fsp3) is 0.333. The number of rotatable bonds is 7. The molecule has 0 saturated carbocycles. The van der Waals surface area contributed by atoms with Gasteiger partial charge in [-0.05, 0) is 56.5 Å². The molecule has 0 aliphatic rings. The van der Waals surface area contributed by atoms with E-state index in [9.17, 15) is 18.0 Å². The van der Waals surface area contributed by atoms with Crippen LogP contribution in [0.15, 0.2) is 47.4 Å². The van der Waals surface area contributed by atoms with E-state index in [-0.39, 0.29) is 18.5 Å². The molecular weight excluding hydrogens is 434 g/mol. The Morgan fingerprint density at radius 3 is 2.19 bits per heavy atom. The molecule has 0 saturated heterocycles. The minimum atomic E-state index is -3.84. The maximum atomic E-state index is 12.6. The molecule has 1 amide bonds. The number of hydroxylamine groups is 1. The molecule has 10 nitrogen and oxygen atoms in total. The van der Waals surface area contributed by atoms with E-state index in [1.807, 2.05) is 38.1 Å². The number of nitrogens with zero attached hydrogens (tertiary/aromatic N) is 4. The first kappa shape index (κ1) is 23.4. The molecule has 170 valence electrons. The summed E-state index contributed by atoms with van der Waals surface area (Å²) in [5.74, 6) is -1.04. The van der Waals surface area contributed by atoms with E-state index >= 15 is 0 Å². The summed E-state index contributed by atoms with van der Waals surface area (Å²) in [6.07, 6.45) is 2.29. The van der Waals surface area contributed by atoms with Crippen molar-refractivity contribution in [3.05, 3.63) is 64.3 Å². The summed E-state index contributed by atoms with van der Waals surface area (Å²) in [5, 5.41) is 17.6. The minimum Gasteiger partial charge on any atom is -0.315 e. The standard InChI is InChI=1S/C21H25N5O5S/c1-14-15(2)23-26(22-14)18-7-5-16(6-8-18)17-9-11-25(19(27)13-17)12-10-21(3,20(28)24-29)32(4,30)31/h5-9,11,13,29H,10,12H2,1-4H3,(H,24,28)/t21-/m1/s1. The van der Waals surface area contributed by atoms with Crippen LogP contribution in [0, 0.1) is 13.8 Å². The van der Waals surface area contributed by atoms with Crippen molar-refractivity contribution in [3.8, 4) is 16.8 Å². The molecule has 0 aliphatic heterocycles. The van der Waals surface area contributed by atoms with E-state index < -0.39 is 20.5 Å². The fourth-order valence-electron chi connectivity index (χ4n) is 3.15. The maximum absolute atomic E-state index is 12.6. The zero-order valence-corrected chi connectivity index (χ0v) is 19.0. The van der Waals surface area contributed by atoms with E-state index in [2.05, 4.69) is 10.2 Å². The van der Waals surface area contributed by atoms with Gasteiger partial charge in [0.05, 0.1) is 17.1 Å². The Labute approximate surface area is 185 Å². The highest BCUT2D eigenvalue weighted by atomic mass is 32.2. The second-order valence-corrected chi connectivity index (χ2v) is 10.3. The number of benzene rings is 1. The van der Waals surface area contributed by atoms with Crippen LogP contribution in [0.2, 0.25) is 0 Å². The van der Waals surface area contributed by atoms with Crippen molar-refractivity contribution in [1.29, 1.82) is 0 Å². The summed E-state index contributed by atoms with van der Waals surface area (Å²) in [5.41, 5.74) is 5.06. The number of hydrogen-bond donors (Lipinski definition) is 2. The number of carbonyl (C=O) groups excluding carboxylic acids is 1. The molecule has 0 radical (unpaired) electrons. The van der Waals surface area contributed by atoms with Crippen molar-refractivity contribution in [2.45, 2.75) is 38.5 Å². The largest absolute Gasteiger partial charge is 0.315 e. The molecule has 0 bridgehead atoms. The van der Waals surface area contributed by atoms with E-state index in [0.717, 1.165) is 28.9 Å². The molecule has 2 aromatic heterocycles. The first-order valence-electron chi connectivity index (χ1n) is 9.82. The van der Waals surface area contributed by atoms with Crippen LogP contribution >= 0.6 is 0 Å². The zero-order valence-electron chi connectivity index (χ0n) is 18.2. The molecule has 1 atom stereocenters. The van der Waals surface area contributed by atoms with Gasteiger partial charge in [-0.1, -0.05) is 12.1 Å². The lowest BCUT2D eigenvalue weighted by Gasteiger charge is -2.25. The lowest BCUT2D eigenvalue weighted by Crippen LogP contribution is -2.49.